The fraction of sp³-hybridized carbons (Fsp3) is 0.333. The molecule has 3 amide bonds. The Bertz CT molecular complexity index is 1130. The van der Waals surface area contributed by atoms with Gasteiger partial charge >= 0.3 is 6.03 Å². The topological polar surface area (TPSA) is 90.0 Å². The van der Waals surface area contributed by atoms with Crippen molar-refractivity contribution in [2.45, 2.75) is 17.4 Å². The zero-order valence-corrected chi connectivity index (χ0v) is 18.1. The largest absolute Gasteiger partial charge is 0.326 e. The van der Waals surface area contributed by atoms with Crippen LogP contribution in [0.1, 0.15) is 12.5 Å². The standard InChI is InChI=1S/C21H22F2N4O4S/c1-21(15-6-3-2-4-7-15)19(28)27(20(29)24-21)14-25-10-12-26(13-11-25)32(30,31)18-16(22)8-5-9-17(18)23/h2-9H,10-14H2,1H3,(H,24,29)/t21-/m1/s1. The van der Waals surface area contributed by atoms with Crippen molar-refractivity contribution in [3.8, 4) is 0 Å². The molecule has 2 aromatic rings. The first kappa shape index (κ1) is 22.3. The summed E-state index contributed by atoms with van der Waals surface area (Å²) >= 11 is 0. The van der Waals surface area contributed by atoms with Crippen LogP contribution >= 0.6 is 0 Å². The van der Waals surface area contributed by atoms with Crippen LogP contribution in [0.25, 0.3) is 0 Å². The SMILES string of the molecule is C[C@]1(c2ccccc2)NC(=O)N(CN2CCN(S(=O)(=O)c3c(F)cccc3F)CC2)C1=O. The number of rotatable bonds is 5. The quantitative estimate of drug-likeness (QED) is 0.681. The summed E-state index contributed by atoms with van der Waals surface area (Å²) in [4.78, 5) is 27.4. The molecule has 0 radical (unpaired) electrons. The van der Waals surface area contributed by atoms with E-state index in [9.17, 15) is 26.8 Å². The smallest absolute Gasteiger partial charge is 0.319 e. The van der Waals surface area contributed by atoms with Crippen molar-refractivity contribution in [2.75, 3.05) is 32.8 Å². The Hall–Kier alpha value is -2.89. The van der Waals surface area contributed by atoms with Gasteiger partial charge in [0.25, 0.3) is 5.91 Å². The summed E-state index contributed by atoms with van der Waals surface area (Å²) in [5.41, 5.74) is -0.532. The molecule has 32 heavy (non-hydrogen) atoms. The van der Waals surface area contributed by atoms with Gasteiger partial charge in [0.05, 0.1) is 6.67 Å². The molecular weight excluding hydrogens is 442 g/mol. The first-order chi connectivity index (χ1) is 15.1. The number of benzene rings is 2. The lowest BCUT2D eigenvalue weighted by molar-refractivity contribution is -0.132. The normalized spacial score (nSPS) is 22.9. The molecule has 11 heteroatoms. The number of imide groups is 1. The lowest BCUT2D eigenvalue weighted by Crippen LogP contribution is -2.53. The minimum absolute atomic E-state index is 0.0188. The molecule has 2 fully saturated rings. The molecule has 1 N–H and O–H groups in total. The van der Waals surface area contributed by atoms with Gasteiger partial charge in [-0.1, -0.05) is 36.4 Å². The summed E-state index contributed by atoms with van der Waals surface area (Å²) in [5.74, 6) is -2.70. The Morgan fingerprint density at radius 1 is 0.938 bits per heavy atom. The summed E-state index contributed by atoms with van der Waals surface area (Å²) in [6.07, 6.45) is 0. The van der Waals surface area contributed by atoms with Crippen LogP contribution in [0, 0.1) is 11.6 Å². The van der Waals surface area contributed by atoms with Crippen molar-refractivity contribution in [3.63, 3.8) is 0 Å². The highest BCUT2D eigenvalue weighted by Crippen LogP contribution is 2.29. The number of nitrogens with one attached hydrogen (secondary N) is 1. The van der Waals surface area contributed by atoms with Crippen LogP contribution in [0.2, 0.25) is 0 Å². The average Bonchev–Trinajstić information content (AvgIpc) is 2.98. The van der Waals surface area contributed by atoms with Crippen molar-refractivity contribution in [1.82, 2.24) is 19.4 Å². The maximum atomic E-state index is 14.0. The number of piperazine rings is 1. The van der Waals surface area contributed by atoms with Gasteiger partial charge in [-0.2, -0.15) is 4.31 Å². The maximum absolute atomic E-state index is 14.0. The molecule has 2 aliphatic heterocycles. The zero-order chi connectivity index (χ0) is 23.1. The number of hydrogen-bond acceptors (Lipinski definition) is 5. The van der Waals surface area contributed by atoms with E-state index in [4.69, 9.17) is 0 Å². The lowest BCUT2D eigenvalue weighted by atomic mass is 9.92. The Balaban J connectivity index is 1.43. The highest BCUT2D eigenvalue weighted by atomic mass is 32.2. The third kappa shape index (κ3) is 3.76. The predicted molar refractivity (Wildman–Crippen MR) is 111 cm³/mol. The van der Waals surface area contributed by atoms with E-state index in [2.05, 4.69) is 5.32 Å². The Morgan fingerprint density at radius 2 is 1.53 bits per heavy atom. The molecule has 1 atom stereocenters. The summed E-state index contributed by atoms with van der Waals surface area (Å²) < 4.78 is 54.5. The first-order valence-corrected chi connectivity index (χ1v) is 11.4. The molecular formula is C21H22F2N4O4S. The minimum atomic E-state index is -4.35. The van der Waals surface area contributed by atoms with Gasteiger partial charge in [0.15, 0.2) is 4.90 Å². The highest BCUT2D eigenvalue weighted by molar-refractivity contribution is 7.89. The molecule has 2 aliphatic rings. The summed E-state index contributed by atoms with van der Waals surface area (Å²) in [5, 5.41) is 2.72. The van der Waals surface area contributed by atoms with Crippen LogP contribution in [-0.2, 0) is 20.4 Å². The molecule has 0 saturated carbocycles. The lowest BCUT2D eigenvalue weighted by Gasteiger charge is -2.35. The van der Waals surface area contributed by atoms with Crippen molar-refractivity contribution in [1.29, 1.82) is 0 Å². The monoisotopic (exact) mass is 464 g/mol. The average molecular weight is 464 g/mol. The second kappa shape index (κ2) is 8.23. The van der Waals surface area contributed by atoms with Gasteiger partial charge in [-0.3, -0.25) is 9.69 Å². The zero-order valence-electron chi connectivity index (χ0n) is 17.3. The number of carbonyl (C=O) groups is 2. The van der Waals surface area contributed by atoms with Crippen LogP contribution in [-0.4, -0.2) is 67.3 Å². The number of carbonyl (C=O) groups excluding carboxylic acids is 2. The van der Waals surface area contributed by atoms with Gasteiger partial charge in [0.1, 0.15) is 17.2 Å². The van der Waals surface area contributed by atoms with Crippen LogP contribution in [0.4, 0.5) is 13.6 Å². The molecule has 0 aliphatic carbocycles. The van der Waals surface area contributed by atoms with Gasteiger partial charge in [-0.15, -0.1) is 0 Å². The second-order valence-electron chi connectivity index (χ2n) is 7.87. The van der Waals surface area contributed by atoms with Crippen molar-refractivity contribution in [2.24, 2.45) is 0 Å². The van der Waals surface area contributed by atoms with Crippen LogP contribution < -0.4 is 5.32 Å². The van der Waals surface area contributed by atoms with Gasteiger partial charge in [-0.25, -0.2) is 26.9 Å². The summed E-state index contributed by atoms with van der Waals surface area (Å²) in [7, 11) is -4.35. The minimum Gasteiger partial charge on any atom is -0.319 e. The van der Waals surface area contributed by atoms with E-state index < -0.39 is 44.0 Å². The Morgan fingerprint density at radius 3 is 2.12 bits per heavy atom. The number of amides is 3. The molecule has 2 heterocycles. The van der Waals surface area contributed by atoms with Gasteiger partial charge in [0, 0.05) is 26.2 Å². The number of hydrogen-bond donors (Lipinski definition) is 1. The molecule has 8 nitrogen and oxygen atoms in total. The molecule has 0 bridgehead atoms. The van der Waals surface area contributed by atoms with Crippen LogP contribution in [0.5, 0.6) is 0 Å². The highest BCUT2D eigenvalue weighted by Gasteiger charge is 2.49. The number of halogens is 2. The van der Waals surface area contributed by atoms with Crippen LogP contribution in [0.15, 0.2) is 53.4 Å². The van der Waals surface area contributed by atoms with E-state index in [0.717, 1.165) is 27.4 Å². The van der Waals surface area contributed by atoms with Gasteiger partial charge in [-0.05, 0) is 24.6 Å². The molecule has 0 unspecified atom stereocenters. The van der Waals surface area contributed by atoms with Crippen molar-refractivity contribution >= 4 is 22.0 Å². The fourth-order valence-electron chi connectivity index (χ4n) is 3.96. The van der Waals surface area contributed by atoms with Gasteiger partial charge in [0.2, 0.25) is 10.0 Å². The Kier molecular flexibility index (Phi) is 5.74. The Labute approximate surface area is 184 Å². The summed E-state index contributed by atoms with van der Waals surface area (Å²) in [6, 6.07) is 11.2. The second-order valence-corrected chi connectivity index (χ2v) is 9.74. The van der Waals surface area contributed by atoms with E-state index in [-0.39, 0.29) is 32.8 Å². The van der Waals surface area contributed by atoms with Crippen molar-refractivity contribution in [3.05, 3.63) is 65.7 Å². The van der Waals surface area contributed by atoms with E-state index in [1.54, 1.807) is 36.1 Å². The first-order valence-electron chi connectivity index (χ1n) is 10.0. The van der Waals surface area contributed by atoms with Crippen molar-refractivity contribution < 1.29 is 26.8 Å². The number of sulfonamides is 1. The van der Waals surface area contributed by atoms with E-state index in [0.29, 0.717) is 5.56 Å². The van der Waals surface area contributed by atoms with Crippen LogP contribution in [0.3, 0.4) is 0 Å². The summed E-state index contributed by atoms with van der Waals surface area (Å²) in [6.45, 7) is 1.93. The maximum Gasteiger partial charge on any atom is 0.326 e. The number of urea groups is 1. The van der Waals surface area contributed by atoms with E-state index >= 15 is 0 Å². The molecule has 0 aromatic heterocycles. The molecule has 2 saturated heterocycles. The third-order valence-corrected chi connectivity index (χ3v) is 7.77. The van der Waals surface area contributed by atoms with E-state index in [1.807, 2.05) is 6.07 Å². The molecule has 170 valence electrons. The molecule has 0 spiro atoms. The third-order valence-electron chi connectivity index (χ3n) is 5.82. The predicted octanol–water partition coefficient (Wildman–Crippen LogP) is 1.70. The number of nitrogens with zero attached hydrogens (tertiary/aromatic N) is 3. The van der Waals surface area contributed by atoms with Gasteiger partial charge < -0.3 is 5.32 Å². The molecule has 4 rings (SSSR count). The van der Waals surface area contributed by atoms with E-state index in [1.165, 1.54) is 0 Å². The fourth-order valence-corrected chi connectivity index (χ4v) is 5.49. The molecule has 2 aromatic carbocycles.